The average molecular weight is 384 g/mol. The molecule has 0 atom stereocenters. The Bertz CT molecular complexity index is 722. The van der Waals surface area contributed by atoms with Crippen molar-refractivity contribution in [3.63, 3.8) is 0 Å². The van der Waals surface area contributed by atoms with Gasteiger partial charge in [-0.25, -0.2) is 9.78 Å². The first kappa shape index (κ1) is 16.5. The number of carbonyl (C=O) groups is 2. The lowest BCUT2D eigenvalue weighted by atomic mass is 10.2. The van der Waals surface area contributed by atoms with E-state index in [9.17, 15) is 9.59 Å². The van der Waals surface area contributed by atoms with Crippen LogP contribution in [0.3, 0.4) is 0 Å². The SMILES string of the molecule is Cc1cc(NC(=O)COC(=O)c2ccnc(Cl)c2)ccc1Br. The molecule has 0 saturated carbocycles. The quantitative estimate of drug-likeness (QED) is 0.647. The molecule has 0 spiro atoms. The third-order valence-electron chi connectivity index (χ3n) is 2.74. The van der Waals surface area contributed by atoms with Crippen LogP contribution < -0.4 is 5.32 Å². The Labute approximate surface area is 140 Å². The summed E-state index contributed by atoms with van der Waals surface area (Å²) in [7, 11) is 0. The van der Waals surface area contributed by atoms with E-state index in [1.54, 1.807) is 6.07 Å². The third-order valence-corrected chi connectivity index (χ3v) is 3.83. The number of aryl methyl sites for hydroxylation is 1. The molecule has 2 rings (SSSR count). The van der Waals surface area contributed by atoms with Gasteiger partial charge in [0.05, 0.1) is 5.56 Å². The van der Waals surface area contributed by atoms with Crippen LogP contribution in [0, 0.1) is 6.92 Å². The smallest absolute Gasteiger partial charge is 0.338 e. The molecule has 1 N–H and O–H groups in total. The summed E-state index contributed by atoms with van der Waals surface area (Å²) >= 11 is 9.06. The second kappa shape index (κ2) is 7.38. The first-order valence-corrected chi connectivity index (χ1v) is 7.47. The average Bonchev–Trinajstić information content (AvgIpc) is 2.48. The van der Waals surface area contributed by atoms with E-state index in [0.717, 1.165) is 10.0 Å². The van der Waals surface area contributed by atoms with Crippen LogP contribution in [0.5, 0.6) is 0 Å². The maximum absolute atomic E-state index is 11.8. The fourth-order valence-electron chi connectivity index (χ4n) is 1.66. The molecule has 0 fully saturated rings. The second-order valence-corrected chi connectivity index (χ2v) is 5.70. The Morgan fingerprint density at radius 1 is 1.32 bits per heavy atom. The van der Waals surface area contributed by atoms with E-state index in [-0.39, 0.29) is 17.3 Å². The van der Waals surface area contributed by atoms with Crippen molar-refractivity contribution < 1.29 is 14.3 Å². The highest BCUT2D eigenvalue weighted by atomic mass is 79.9. The van der Waals surface area contributed by atoms with Crippen molar-refractivity contribution in [1.82, 2.24) is 4.98 Å². The van der Waals surface area contributed by atoms with Crippen LogP contribution in [-0.4, -0.2) is 23.5 Å². The zero-order valence-electron chi connectivity index (χ0n) is 11.6. The van der Waals surface area contributed by atoms with Gasteiger partial charge >= 0.3 is 5.97 Å². The summed E-state index contributed by atoms with van der Waals surface area (Å²) in [6.07, 6.45) is 1.39. The highest BCUT2D eigenvalue weighted by Gasteiger charge is 2.11. The van der Waals surface area contributed by atoms with Gasteiger partial charge in [0.25, 0.3) is 5.91 Å². The third kappa shape index (κ3) is 4.54. The summed E-state index contributed by atoms with van der Waals surface area (Å²) in [5.41, 5.74) is 1.86. The number of ether oxygens (including phenoxy) is 1. The summed E-state index contributed by atoms with van der Waals surface area (Å²) in [6.45, 7) is 1.53. The number of hydrogen-bond donors (Lipinski definition) is 1. The molecule has 1 amide bonds. The molecule has 114 valence electrons. The molecule has 5 nitrogen and oxygen atoms in total. The van der Waals surface area contributed by atoms with Gasteiger partial charge in [0.15, 0.2) is 6.61 Å². The number of anilines is 1. The van der Waals surface area contributed by atoms with E-state index in [2.05, 4.69) is 26.2 Å². The van der Waals surface area contributed by atoms with Crippen LogP contribution in [0.2, 0.25) is 5.15 Å². The topological polar surface area (TPSA) is 68.3 Å². The van der Waals surface area contributed by atoms with Crippen molar-refractivity contribution in [2.75, 3.05) is 11.9 Å². The van der Waals surface area contributed by atoms with Gasteiger partial charge in [-0.05, 0) is 42.8 Å². The zero-order valence-corrected chi connectivity index (χ0v) is 13.9. The van der Waals surface area contributed by atoms with Crippen molar-refractivity contribution in [3.05, 3.63) is 57.3 Å². The molecule has 0 aliphatic carbocycles. The van der Waals surface area contributed by atoms with Crippen molar-refractivity contribution in [1.29, 1.82) is 0 Å². The molecule has 0 unspecified atom stereocenters. The summed E-state index contributed by atoms with van der Waals surface area (Å²) in [4.78, 5) is 27.3. The number of esters is 1. The first-order chi connectivity index (χ1) is 10.5. The molecule has 0 aliphatic heterocycles. The number of nitrogens with zero attached hydrogens (tertiary/aromatic N) is 1. The number of hydrogen-bond acceptors (Lipinski definition) is 4. The number of amides is 1. The normalized spacial score (nSPS) is 10.1. The van der Waals surface area contributed by atoms with Gasteiger partial charge in [0.2, 0.25) is 0 Å². The Morgan fingerprint density at radius 3 is 2.77 bits per heavy atom. The molecule has 2 aromatic rings. The van der Waals surface area contributed by atoms with Gasteiger partial charge in [0.1, 0.15) is 5.15 Å². The summed E-state index contributed by atoms with van der Waals surface area (Å²) in [6, 6.07) is 8.23. The van der Waals surface area contributed by atoms with Crippen molar-refractivity contribution in [3.8, 4) is 0 Å². The van der Waals surface area contributed by atoms with Gasteiger partial charge in [-0.1, -0.05) is 27.5 Å². The van der Waals surface area contributed by atoms with Gasteiger partial charge in [-0.3, -0.25) is 4.79 Å². The van der Waals surface area contributed by atoms with Gasteiger partial charge < -0.3 is 10.1 Å². The standard InChI is InChI=1S/C15H12BrClN2O3/c1-9-6-11(2-3-12(9)16)19-14(20)8-22-15(21)10-4-5-18-13(17)7-10/h2-7H,8H2,1H3,(H,19,20). The maximum atomic E-state index is 11.8. The van der Waals surface area contributed by atoms with Crippen LogP contribution in [-0.2, 0) is 9.53 Å². The number of pyridine rings is 1. The highest BCUT2D eigenvalue weighted by Crippen LogP contribution is 2.19. The van der Waals surface area contributed by atoms with E-state index < -0.39 is 11.9 Å². The zero-order chi connectivity index (χ0) is 16.1. The van der Waals surface area contributed by atoms with E-state index in [1.807, 2.05) is 19.1 Å². The second-order valence-electron chi connectivity index (χ2n) is 4.46. The summed E-state index contributed by atoms with van der Waals surface area (Å²) < 4.78 is 5.87. The number of nitrogens with one attached hydrogen (secondary N) is 1. The Balaban J connectivity index is 1.90. The summed E-state index contributed by atoms with van der Waals surface area (Å²) in [5, 5.41) is 2.84. The molecule has 1 heterocycles. The molecular weight excluding hydrogens is 372 g/mol. The Hall–Kier alpha value is -1.92. The summed E-state index contributed by atoms with van der Waals surface area (Å²) in [5.74, 6) is -1.05. The number of rotatable bonds is 4. The fourth-order valence-corrected chi connectivity index (χ4v) is 2.08. The number of halogens is 2. The van der Waals surface area contributed by atoms with Crippen molar-refractivity contribution in [2.45, 2.75) is 6.92 Å². The first-order valence-electron chi connectivity index (χ1n) is 6.30. The van der Waals surface area contributed by atoms with E-state index >= 15 is 0 Å². The molecule has 0 radical (unpaired) electrons. The number of benzene rings is 1. The minimum absolute atomic E-state index is 0.184. The van der Waals surface area contributed by atoms with Crippen LogP contribution in [0.15, 0.2) is 41.0 Å². The maximum Gasteiger partial charge on any atom is 0.338 e. The van der Waals surface area contributed by atoms with Crippen LogP contribution in [0.25, 0.3) is 0 Å². The lowest BCUT2D eigenvalue weighted by Gasteiger charge is -2.08. The van der Waals surface area contributed by atoms with Crippen molar-refractivity contribution in [2.24, 2.45) is 0 Å². The van der Waals surface area contributed by atoms with Gasteiger partial charge in [-0.15, -0.1) is 0 Å². The molecule has 0 saturated heterocycles. The lowest BCUT2D eigenvalue weighted by Crippen LogP contribution is -2.21. The molecule has 7 heteroatoms. The largest absolute Gasteiger partial charge is 0.452 e. The van der Waals surface area contributed by atoms with Crippen LogP contribution in [0.4, 0.5) is 5.69 Å². The van der Waals surface area contributed by atoms with Gasteiger partial charge in [0, 0.05) is 16.4 Å². The minimum atomic E-state index is -0.633. The van der Waals surface area contributed by atoms with Crippen LogP contribution >= 0.6 is 27.5 Å². The molecule has 0 bridgehead atoms. The van der Waals surface area contributed by atoms with E-state index in [0.29, 0.717) is 5.69 Å². The molecule has 22 heavy (non-hydrogen) atoms. The predicted molar refractivity (Wildman–Crippen MR) is 87.0 cm³/mol. The molecular formula is C15H12BrClN2O3. The van der Waals surface area contributed by atoms with Crippen LogP contribution in [0.1, 0.15) is 15.9 Å². The Kier molecular flexibility index (Phi) is 5.51. The van der Waals surface area contributed by atoms with E-state index in [1.165, 1.54) is 18.3 Å². The molecule has 0 aliphatic rings. The van der Waals surface area contributed by atoms with E-state index in [4.69, 9.17) is 16.3 Å². The Morgan fingerprint density at radius 2 is 2.09 bits per heavy atom. The lowest BCUT2D eigenvalue weighted by molar-refractivity contribution is -0.119. The minimum Gasteiger partial charge on any atom is -0.452 e. The number of aromatic nitrogens is 1. The molecule has 1 aromatic heterocycles. The highest BCUT2D eigenvalue weighted by molar-refractivity contribution is 9.10. The van der Waals surface area contributed by atoms with Crippen molar-refractivity contribution >= 4 is 45.1 Å². The molecule has 1 aromatic carbocycles. The fraction of sp³-hybridized carbons (Fsp3) is 0.133. The number of carbonyl (C=O) groups excluding carboxylic acids is 2. The monoisotopic (exact) mass is 382 g/mol. The van der Waals surface area contributed by atoms with Gasteiger partial charge in [-0.2, -0.15) is 0 Å². The predicted octanol–water partition coefficient (Wildman–Crippen LogP) is 3.60.